The quantitative estimate of drug-likeness (QED) is 0.796. The van der Waals surface area contributed by atoms with Crippen LogP contribution in [0.15, 0.2) is 24.5 Å². The Hall–Kier alpha value is -1.46. The van der Waals surface area contributed by atoms with E-state index in [1.807, 2.05) is 12.1 Å². The molecule has 0 spiro atoms. The van der Waals surface area contributed by atoms with Crippen LogP contribution in [0.2, 0.25) is 0 Å². The zero-order chi connectivity index (χ0) is 19.1. The molecule has 0 aliphatic carbocycles. The summed E-state index contributed by atoms with van der Waals surface area (Å²) in [6, 6.07) is 3.89. The van der Waals surface area contributed by atoms with E-state index < -0.39 is 0 Å². The highest BCUT2D eigenvalue weighted by atomic mass is 16.5. The van der Waals surface area contributed by atoms with E-state index in [0.29, 0.717) is 18.9 Å². The number of ether oxygens (including phenoxy) is 1. The van der Waals surface area contributed by atoms with Gasteiger partial charge in [0, 0.05) is 38.5 Å². The Bertz CT molecular complexity index is 582. The molecule has 1 N–H and O–H groups in total. The first-order valence-electron chi connectivity index (χ1n) is 10.5. The highest BCUT2D eigenvalue weighted by Crippen LogP contribution is 2.30. The molecular weight excluding hydrogens is 338 g/mol. The molecule has 5 nitrogen and oxygen atoms in total. The lowest BCUT2D eigenvalue weighted by molar-refractivity contribution is -0.121. The summed E-state index contributed by atoms with van der Waals surface area (Å²) < 4.78 is 5.84. The third kappa shape index (κ3) is 6.89. The number of hydrogen-bond acceptors (Lipinski definition) is 4. The Morgan fingerprint density at radius 3 is 2.81 bits per heavy atom. The van der Waals surface area contributed by atoms with Gasteiger partial charge >= 0.3 is 0 Å². The maximum atomic E-state index is 12.1. The van der Waals surface area contributed by atoms with Gasteiger partial charge in [0.25, 0.3) is 0 Å². The minimum atomic E-state index is 0.0460. The Balaban J connectivity index is 1.29. The van der Waals surface area contributed by atoms with E-state index in [1.54, 1.807) is 12.4 Å². The Morgan fingerprint density at radius 1 is 1.30 bits per heavy atom. The van der Waals surface area contributed by atoms with Gasteiger partial charge in [0.15, 0.2) is 0 Å². The molecule has 3 heterocycles. The van der Waals surface area contributed by atoms with Crippen molar-refractivity contribution in [1.82, 2.24) is 15.2 Å². The van der Waals surface area contributed by atoms with Crippen molar-refractivity contribution in [2.24, 2.45) is 11.8 Å². The summed E-state index contributed by atoms with van der Waals surface area (Å²) in [5.74, 6) is 1.62. The molecule has 5 heteroatoms. The number of hydrogen-bond donors (Lipinski definition) is 1. The average Bonchev–Trinajstić information content (AvgIpc) is 2.66. The molecule has 1 aromatic rings. The second-order valence-corrected chi connectivity index (χ2v) is 8.89. The first-order valence-corrected chi connectivity index (χ1v) is 10.5. The zero-order valence-corrected chi connectivity index (χ0v) is 17.0. The molecule has 2 aliphatic rings. The predicted molar refractivity (Wildman–Crippen MR) is 107 cm³/mol. The van der Waals surface area contributed by atoms with Crippen LogP contribution in [-0.2, 0) is 16.1 Å². The highest BCUT2D eigenvalue weighted by molar-refractivity contribution is 5.75. The SMILES string of the molecule is CC1(C)CC(CN2CCC(CCC(=O)NCc3cccnc3)CC2)CCO1. The number of carbonyl (C=O) groups is 1. The fraction of sp³-hybridized carbons (Fsp3) is 0.727. The molecule has 0 aromatic carbocycles. The first-order chi connectivity index (χ1) is 13.0. The Kier molecular flexibility index (Phi) is 7.25. The number of rotatable bonds is 7. The van der Waals surface area contributed by atoms with Crippen LogP contribution >= 0.6 is 0 Å². The second-order valence-electron chi connectivity index (χ2n) is 8.89. The standard InChI is InChI=1S/C22H35N3O2/c1-22(2)14-19(9-13-27-22)17-25-11-7-18(8-12-25)5-6-21(26)24-16-20-4-3-10-23-15-20/h3-4,10,15,18-19H,5-9,11-14,16-17H2,1-2H3,(H,24,26). The summed E-state index contributed by atoms with van der Waals surface area (Å²) in [6.07, 6.45) is 10.0. The van der Waals surface area contributed by atoms with Crippen LogP contribution in [-0.4, -0.2) is 47.6 Å². The van der Waals surface area contributed by atoms with Gasteiger partial charge in [-0.1, -0.05) is 6.07 Å². The van der Waals surface area contributed by atoms with Gasteiger partial charge in [-0.25, -0.2) is 0 Å². The van der Waals surface area contributed by atoms with Crippen LogP contribution in [0.3, 0.4) is 0 Å². The van der Waals surface area contributed by atoms with Gasteiger partial charge in [-0.05, 0) is 82.5 Å². The first kappa shape index (κ1) is 20.3. The summed E-state index contributed by atoms with van der Waals surface area (Å²) in [5.41, 5.74) is 1.10. The molecule has 1 unspecified atom stereocenters. The molecule has 0 bridgehead atoms. The van der Waals surface area contributed by atoms with Crippen molar-refractivity contribution in [2.45, 2.75) is 64.5 Å². The van der Waals surface area contributed by atoms with E-state index in [0.717, 1.165) is 24.5 Å². The van der Waals surface area contributed by atoms with E-state index in [1.165, 1.54) is 45.3 Å². The molecule has 2 saturated heterocycles. The van der Waals surface area contributed by atoms with E-state index in [9.17, 15) is 4.79 Å². The average molecular weight is 374 g/mol. The van der Waals surface area contributed by atoms with Gasteiger partial charge in [-0.15, -0.1) is 0 Å². The lowest BCUT2D eigenvalue weighted by atomic mass is 9.86. The number of piperidine rings is 1. The summed E-state index contributed by atoms with van der Waals surface area (Å²) >= 11 is 0. The number of pyridine rings is 1. The molecule has 2 fully saturated rings. The van der Waals surface area contributed by atoms with Crippen molar-refractivity contribution >= 4 is 5.91 Å². The van der Waals surface area contributed by atoms with Crippen molar-refractivity contribution in [1.29, 1.82) is 0 Å². The molecule has 3 rings (SSSR count). The third-order valence-corrected chi connectivity index (χ3v) is 6.01. The summed E-state index contributed by atoms with van der Waals surface area (Å²) in [7, 11) is 0. The van der Waals surface area contributed by atoms with E-state index in [2.05, 4.69) is 29.0 Å². The van der Waals surface area contributed by atoms with Crippen LogP contribution in [0.5, 0.6) is 0 Å². The highest BCUT2D eigenvalue weighted by Gasteiger charge is 2.30. The third-order valence-electron chi connectivity index (χ3n) is 6.01. The Labute approximate surface area is 163 Å². The summed E-state index contributed by atoms with van der Waals surface area (Å²) in [6.45, 7) is 9.48. The topological polar surface area (TPSA) is 54.5 Å². The minimum absolute atomic E-state index is 0.0460. The van der Waals surface area contributed by atoms with Crippen LogP contribution in [0.4, 0.5) is 0 Å². The van der Waals surface area contributed by atoms with E-state index in [4.69, 9.17) is 4.74 Å². The van der Waals surface area contributed by atoms with Crippen molar-refractivity contribution in [3.05, 3.63) is 30.1 Å². The van der Waals surface area contributed by atoms with Gasteiger partial charge in [0.1, 0.15) is 0 Å². The number of aromatic nitrogens is 1. The van der Waals surface area contributed by atoms with Gasteiger partial charge in [0.05, 0.1) is 5.60 Å². The lowest BCUT2D eigenvalue weighted by Crippen LogP contribution is -2.42. The smallest absolute Gasteiger partial charge is 0.220 e. The fourth-order valence-electron chi connectivity index (χ4n) is 4.46. The number of carbonyl (C=O) groups excluding carboxylic acids is 1. The van der Waals surface area contributed by atoms with Crippen LogP contribution in [0, 0.1) is 11.8 Å². The van der Waals surface area contributed by atoms with E-state index >= 15 is 0 Å². The predicted octanol–water partition coefficient (Wildman–Crippen LogP) is 3.40. The molecule has 2 aliphatic heterocycles. The number of nitrogens with zero attached hydrogens (tertiary/aromatic N) is 2. The minimum Gasteiger partial charge on any atom is -0.376 e. The van der Waals surface area contributed by atoms with Gasteiger partial charge in [0.2, 0.25) is 5.91 Å². The normalized spacial score (nSPS) is 23.9. The van der Waals surface area contributed by atoms with E-state index in [-0.39, 0.29) is 11.5 Å². The monoisotopic (exact) mass is 373 g/mol. The van der Waals surface area contributed by atoms with Crippen LogP contribution in [0.25, 0.3) is 0 Å². The summed E-state index contributed by atoms with van der Waals surface area (Å²) in [5, 5.41) is 3.01. The maximum absolute atomic E-state index is 12.1. The zero-order valence-electron chi connectivity index (χ0n) is 17.0. The van der Waals surface area contributed by atoms with Crippen molar-refractivity contribution in [3.63, 3.8) is 0 Å². The largest absolute Gasteiger partial charge is 0.376 e. The fourth-order valence-corrected chi connectivity index (χ4v) is 4.46. The molecule has 1 atom stereocenters. The second kappa shape index (κ2) is 9.65. The molecule has 1 amide bonds. The molecule has 27 heavy (non-hydrogen) atoms. The number of amides is 1. The summed E-state index contributed by atoms with van der Waals surface area (Å²) in [4.78, 5) is 18.8. The molecule has 0 radical (unpaired) electrons. The number of likely N-dealkylation sites (tertiary alicyclic amines) is 1. The van der Waals surface area contributed by atoms with Crippen molar-refractivity contribution in [2.75, 3.05) is 26.2 Å². The molecule has 1 aromatic heterocycles. The van der Waals surface area contributed by atoms with Crippen molar-refractivity contribution in [3.8, 4) is 0 Å². The molecule has 150 valence electrons. The maximum Gasteiger partial charge on any atom is 0.220 e. The molecular formula is C22H35N3O2. The van der Waals surface area contributed by atoms with Crippen LogP contribution in [0.1, 0.15) is 57.9 Å². The van der Waals surface area contributed by atoms with Gasteiger partial charge in [-0.3, -0.25) is 9.78 Å². The van der Waals surface area contributed by atoms with Crippen molar-refractivity contribution < 1.29 is 9.53 Å². The van der Waals surface area contributed by atoms with Gasteiger partial charge < -0.3 is 15.0 Å². The lowest BCUT2D eigenvalue weighted by Gasteiger charge is -2.39. The molecule has 0 saturated carbocycles. The number of nitrogens with one attached hydrogen (secondary N) is 1. The van der Waals surface area contributed by atoms with Crippen LogP contribution < -0.4 is 5.32 Å². The Morgan fingerprint density at radius 2 is 2.11 bits per heavy atom. The van der Waals surface area contributed by atoms with Gasteiger partial charge in [-0.2, -0.15) is 0 Å².